The van der Waals surface area contributed by atoms with Crippen LogP contribution in [0, 0.1) is 0 Å². The molecule has 3 aromatic rings. The average Bonchev–Trinajstić information content (AvgIpc) is 2.81. The van der Waals surface area contributed by atoms with Crippen LogP contribution in [-0.2, 0) is 28.9 Å². The molecule has 0 unspecified atom stereocenters. The molecule has 4 rings (SSSR count). The molecule has 0 bridgehead atoms. The smallest absolute Gasteiger partial charge is 0.337 e. The lowest BCUT2D eigenvalue weighted by atomic mass is 9.90. The van der Waals surface area contributed by atoms with Crippen molar-refractivity contribution in [2.75, 3.05) is 12.4 Å². The fourth-order valence-electron chi connectivity index (χ4n) is 3.86. The highest BCUT2D eigenvalue weighted by molar-refractivity contribution is 5.92. The number of aromatic nitrogens is 2. The van der Waals surface area contributed by atoms with E-state index < -0.39 is 5.97 Å². The third kappa shape index (κ3) is 4.40. The van der Waals surface area contributed by atoms with Crippen molar-refractivity contribution >= 4 is 17.6 Å². The van der Waals surface area contributed by atoms with E-state index in [9.17, 15) is 14.4 Å². The van der Waals surface area contributed by atoms with Crippen LogP contribution in [-0.4, -0.2) is 28.8 Å². The summed E-state index contributed by atoms with van der Waals surface area (Å²) in [5.41, 5.74) is 4.17. The van der Waals surface area contributed by atoms with Gasteiger partial charge in [-0.1, -0.05) is 30.3 Å². The van der Waals surface area contributed by atoms with Crippen molar-refractivity contribution in [2.24, 2.45) is 0 Å². The van der Waals surface area contributed by atoms with Crippen molar-refractivity contribution in [3.8, 4) is 11.3 Å². The Hall–Kier alpha value is -3.74. The number of methoxy groups -OCH3 is 1. The van der Waals surface area contributed by atoms with Gasteiger partial charge in [0.25, 0.3) is 5.56 Å². The number of anilines is 1. The number of benzene rings is 2. The molecule has 1 amide bonds. The van der Waals surface area contributed by atoms with Gasteiger partial charge in [0.2, 0.25) is 5.91 Å². The average molecular weight is 417 g/mol. The maximum atomic E-state index is 13.0. The number of esters is 1. The van der Waals surface area contributed by atoms with Gasteiger partial charge in [0.1, 0.15) is 6.54 Å². The van der Waals surface area contributed by atoms with Crippen LogP contribution in [0.15, 0.2) is 59.4 Å². The van der Waals surface area contributed by atoms with Crippen molar-refractivity contribution in [1.82, 2.24) is 9.78 Å². The number of carbonyl (C=O) groups is 2. The molecule has 0 aliphatic heterocycles. The van der Waals surface area contributed by atoms with Crippen LogP contribution in [0.3, 0.4) is 0 Å². The van der Waals surface area contributed by atoms with Crippen molar-refractivity contribution < 1.29 is 14.3 Å². The van der Waals surface area contributed by atoms with E-state index in [0.717, 1.165) is 41.6 Å². The minimum absolute atomic E-state index is 0.190. The molecule has 0 radical (unpaired) electrons. The molecule has 0 saturated carbocycles. The summed E-state index contributed by atoms with van der Waals surface area (Å²) in [5, 5.41) is 7.32. The maximum Gasteiger partial charge on any atom is 0.337 e. The lowest BCUT2D eigenvalue weighted by Gasteiger charge is -2.20. The van der Waals surface area contributed by atoms with Gasteiger partial charge in [-0.3, -0.25) is 9.59 Å². The van der Waals surface area contributed by atoms with Gasteiger partial charge in [-0.05, 0) is 55.5 Å². The first-order valence-corrected chi connectivity index (χ1v) is 10.2. The van der Waals surface area contributed by atoms with Crippen LogP contribution < -0.4 is 10.9 Å². The molecule has 31 heavy (non-hydrogen) atoms. The largest absolute Gasteiger partial charge is 0.465 e. The molecule has 158 valence electrons. The van der Waals surface area contributed by atoms with Crippen LogP contribution >= 0.6 is 0 Å². The Morgan fingerprint density at radius 1 is 1.00 bits per heavy atom. The van der Waals surface area contributed by atoms with E-state index in [2.05, 4.69) is 15.2 Å². The van der Waals surface area contributed by atoms with Gasteiger partial charge in [-0.15, -0.1) is 0 Å². The first kappa shape index (κ1) is 20.5. The van der Waals surface area contributed by atoms with Crippen molar-refractivity contribution in [1.29, 1.82) is 0 Å². The van der Waals surface area contributed by atoms with E-state index in [1.807, 2.05) is 30.3 Å². The molecular formula is C24H23N3O4. The predicted molar refractivity (Wildman–Crippen MR) is 117 cm³/mol. The van der Waals surface area contributed by atoms with E-state index >= 15 is 0 Å². The number of carbonyl (C=O) groups excluding carboxylic acids is 2. The highest BCUT2D eigenvalue weighted by Crippen LogP contribution is 2.27. The summed E-state index contributed by atoms with van der Waals surface area (Å²) in [5.74, 6) is -0.814. The zero-order valence-electron chi connectivity index (χ0n) is 17.3. The number of hydrogen-bond acceptors (Lipinski definition) is 5. The number of hydrogen-bond donors (Lipinski definition) is 1. The van der Waals surface area contributed by atoms with Gasteiger partial charge in [0.05, 0.1) is 18.4 Å². The predicted octanol–water partition coefficient (Wildman–Crippen LogP) is 3.21. The molecule has 1 aliphatic rings. The van der Waals surface area contributed by atoms with Gasteiger partial charge in [-0.25, -0.2) is 9.48 Å². The lowest BCUT2D eigenvalue weighted by molar-refractivity contribution is -0.117. The molecular weight excluding hydrogens is 394 g/mol. The standard InChI is InChI=1S/C24H23N3O4/c1-31-24(30)17-11-13-18(14-12-17)25-21(28)15-27-23(29)20-10-6-5-9-19(20)22(26-27)16-7-3-2-4-8-16/h2-4,7-8,11-14H,5-6,9-10,15H2,1H3,(H,25,28). The van der Waals surface area contributed by atoms with E-state index in [0.29, 0.717) is 17.7 Å². The summed E-state index contributed by atoms with van der Waals surface area (Å²) in [6, 6.07) is 16.1. The zero-order valence-corrected chi connectivity index (χ0v) is 17.3. The van der Waals surface area contributed by atoms with Gasteiger partial charge in [0.15, 0.2) is 0 Å². The summed E-state index contributed by atoms with van der Waals surface area (Å²) in [6.45, 7) is -0.190. The number of amides is 1. The second kappa shape index (κ2) is 8.95. The highest BCUT2D eigenvalue weighted by Gasteiger charge is 2.22. The Balaban J connectivity index is 1.60. The molecule has 2 aromatic carbocycles. The molecule has 0 saturated heterocycles. The molecule has 1 aliphatic carbocycles. The number of nitrogens with zero attached hydrogens (tertiary/aromatic N) is 2. The monoisotopic (exact) mass is 417 g/mol. The molecule has 7 heteroatoms. The summed E-state index contributed by atoms with van der Waals surface area (Å²) < 4.78 is 5.92. The molecule has 1 N–H and O–H groups in total. The Labute approximate surface area is 179 Å². The van der Waals surface area contributed by atoms with Crippen molar-refractivity contribution in [3.05, 3.63) is 81.6 Å². The highest BCUT2D eigenvalue weighted by atomic mass is 16.5. The molecule has 0 atom stereocenters. The summed E-state index contributed by atoms with van der Waals surface area (Å²) in [6.07, 6.45) is 3.51. The second-order valence-electron chi connectivity index (χ2n) is 7.46. The first-order chi connectivity index (χ1) is 15.1. The molecule has 0 fully saturated rings. The molecule has 7 nitrogen and oxygen atoms in total. The van der Waals surface area contributed by atoms with Gasteiger partial charge in [-0.2, -0.15) is 5.10 Å². The summed E-state index contributed by atoms with van der Waals surface area (Å²) in [7, 11) is 1.31. The van der Waals surface area contributed by atoms with Crippen LogP contribution in [0.4, 0.5) is 5.69 Å². The van der Waals surface area contributed by atoms with Gasteiger partial charge >= 0.3 is 5.97 Å². The number of rotatable bonds is 5. The SMILES string of the molecule is COC(=O)c1ccc(NC(=O)Cn2nc(-c3ccccc3)c3c(c2=O)CCCC3)cc1. The Morgan fingerprint density at radius 3 is 2.35 bits per heavy atom. The number of fused-ring (bicyclic) bond motifs is 1. The van der Waals surface area contributed by atoms with Gasteiger partial charge < -0.3 is 10.1 Å². The van der Waals surface area contributed by atoms with Crippen LogP contribution in [0.25, 0.3) is 11.3 Å². The minimum atomic E-state index is -0.448. The molecule has 0 spiro atoms. The van der Waals surface area contributed by atoms with Crippen LogP contribution in [0.2, 0.25) is 0 Å². The fraction of sp³-hybridized carbons (Fsp3) is 0.250. The second-order valence-corrected chi connectivity index (χ2v) is 7.46. The number of nitrogens with one attached hydrogen (secondary N) is 1. The van der Waals surface area contributed by atoms with Crippen LogP contribution in [0.5, 0.6) is 0 Å². The zero-order chi connectivity index (χ0) is 21.8. The lowest BCUT2D eigenvalue weighted by Crippen LogP contribution is -2.34. The van der Waals surface area contributed by atoms with E-state index in [1.54, 1.807) is 24.3 Å². The fourth-order valence-corrected chi connectivity index (χ4v) is 3.86. The number of ether oxygens (including phenoxy) is 1. The molecule has 1 aromatic heterocycles. The van der Waals surface area contributed by atoms with Crippen molar-refractivity contribution in [2.45, 2.75) is 32.2 Å². The van der Waals surface area contributed by atoms with E-state index in [-0.39, 0.29) is 18.0 Å². The Morgan fingerprint density at radius 2 is 1.68 bits per heavy atom. The first-order valence-electron chi connectivity index (χ1n) is 10.2. The Kier molecular flexibility index (Phi) is 5.93. The third-order valence-electron chi connectivity index (χ3n) is 5.40. The van der Waals surface area contributed by atoms with Gasteiger partial charge in [0, 0.05) is 16.8 Å². The summed E-state index contributed by atoms with van der Waals surface area (Å²) in [4.78, 5) is 37.2. The van der Waals surface area contributed by atoms with Crippen molar-refractivity contribution in [3.63, 3.8) is 0 Å². The Bertz CT molecular complexity index is 1170. The maximum absolute atomic E-state index is 13.0. The van der Waals surface area contributed by atoms with Crippen LogP contribution in [0.1, 0.15) is 34.3 Å². The van der Waals surface area contributed by atoms with E-state index in [4.69, 9.17) is 0 Å². The topological polar surface area (TPSA) is 90.3 Å². The third-order valence-corrected chi connectivity index (χ3v) is 5.40. The molecule has 1 heterocycles. The summed E-state index contributed by atoms with van der Waals surface area (Å²) >= 11 is 0. The quantitative estimate of drug-likeness (QED) is 0.644. The van der Waals surface area contributed by atoms with E-state index in [1.165, 1.54) is 11.8 Å². The normalized spacial score (nSPS) is 12.7. The minimum Gasteiger partial charge on any atom is -0.465 e.